The van der Waals surface area contributed by atoms with Crippen molar-refractivity contribution < 1.29 is 27.4 Å². The summed E-state index contributed by atoms with van der Waals surface area (Å²) in [4.78, 5) is 3.75. The van der Waals surface area contributed by atoms with E-state index < -0.39 is 46.8 Å². The maximum absolute atomic E-state index is 14.6. The van der Waals surface area contributed by atoms with Gasteiger partial charge in [0.2, 0.25) is 0 Å². The zero-order valence-electron chi connectivity index (χ0n) is 15.3. The first-order valence-corrected chi connectivity index (χ1v) is 8.75. The van der Waals surface area contributed by atoms with Crippen molar-refractivity contribution in [2.24, 2.45) is 0 Å². The molecular weight excluding hydrogens is 414 g/mol. The summed E-state index contributed by atoms with van der Waals surface area (Å²) in [6.45, 7) is 2.21. The van der Waals surface area contributed by atoms with Crippen LogP contribution in [-0.4, -0.2) is 25.5 Å². The fourth-order valence-electron chi connectivity index (χ4n) is 2.94. The van der Waals surface area contributed by atoms with Gasteiger partial charge in [-0.05, 0) is 32.0 Å². The molecule has 29 heavy (non-hydrogen) atoms. The monoisotopic (exact) mass is 429 g/mol. The SMILES string of the molecule is CC(C)(Oc1c(F)cc(Cl)cc1F)C(O)(Cn1cncn1)c1ccc(F)cc1F. The van der Waals surface area contributed by atoms with Gasteiger partial charge in [0.15, 0.2) is 23.0 Å². The van der Waals surface area contributed by atoms with Crippen LogP contribution in [0.3, 0.4) is 0 Å². The van der Waals surface area contributed by atoms with Crippen molar-refractivity contribution in [2.45, 2.75) is 31.6 Å². The number of aromatic nitrogens is 3. The Labute approximate surface area is 168 Å². The van der Waals surface area contributed by atoms with Crippen molar-refractivity contribution in [3.05, 3.63) is 76.8 Å². The van der Waals surface area contributed by atoms with E-state index in [1.807, 2.05) is 0 Å². The molecule has 0 bridgehead atoms. The molecule has 0 saturated heterocycles. The van der Waals surface area contributed by atoms with Crippen LogP contribution in [0, 0.1) is 23.3 Å². The molecule has 0 aliphatic rings. The Hall–Kier alpha value is -2.65. The van der Waals surface area contributed by atoms with Gasteiger partial charge in [0.05, 0.1) is 6.54 Å². The molecule has 0 aliphatic carbocycles. The summed E-state index contributed by atoms with van der Waals surface area (Å²) >= 11 is 5.62. The molecule has 1 atom stereocenters. The Bertz CT molecular complexity index is 1010. The van der Waals surface area contributed by atoms with Gasteiger partial charge < -0.3 is 9.84 Å². The fourth-order valence-corrected chi connectivity index (χ4v) is 3.13. The number of hydrogen-bond donors (Lipinski definition) is 1. The molecule has 0 amide bonds. The largest absolute Gasteiger partial charge is 0.478 e. The molecule has 1 N–H and O–H groups in total. The average Bonchev–Trinajstić information content (AvgIpc) is 3.10. The molecule has 0 saturated carbocycles. The highest BCUT2D eigenvalue weighted by Gasteiger charge is 2.50. The van der Waals surface area contributed by atoms with E-state index in [9.17, 15) is 22.7 Å². The normalized spacial score (nSPS) is 13.9. The molecular formula is C19H16ClF4N3O2. The van der Waals surface area contributed by atoms with Crippen molar-refractivity contribution in [3.8, 4) is 5.75 Å². The smallest absolute Gasteiger partial charge is 0.191 e. The second-order valence-electron chi connectivity index (χ2n) is 6.89. The van der Waals surface area contributed by atoms with Crippen LogP contribution >= 0.6 is 11.6 Å². The molecule has 10 heteroatoms. The lowest BCUT2D eigenvalue weighted by Crippen LogP contribution is -2.55. The molecule has 2 aromatic carbocycles. The minimum Gasteiger partial charge on any atom is -0.478 e. The number of aliphatic hydroxyl groups is 1. The van der Waals surface area contributed by atoms with Crippen LogP contribution in [0.2, 0.25) is 5.02 Å². The third kappa shape index (κ3) is 4.06. The molecule has 0 radical (unpaired) electrons. The Morgan fingerprint density at radius 3 is 2.28 bits per heavy atom. The van der Waals surface area contributed by atoms with Gasteiger partial charge in [-0.15, -0.1) is 0 Å². The number of rotatable bonds is 6. The third-order valence-electron chi connectivity index (χ3n) is 4.55. The maximum Gasteiger partial charge on any atom is 0.191 e. The fraction of sp³-hybridized carbons (Fsp3) is 0.263. The lowest BCUT2D eigenvalue weighted by atomic mass is 9.79. The zero-order chi connectivity index (χ0) is 21.4. The minimum absolute atomic E-state index is 0.187. The molecule has 5 nitrogen and oxygen atoms in total. The van der Waals surface area contributed by atoms with Gasteiger partial charge >= 0.3 is 0 Å². The molecule has 0 fully saturated rings. The number of nitrogens with zero attached hydrogens (tertiary/aromatic N) is 3. The summed E-state index contributed by atoms with van der Waals surface area (Å²) in [6, 6.07) is 4.24. The summed E-state index contributed by atoms with van der Waals surface area (Å²) in [6.07, 6.45) is 2.44. The second-order valence-corrected chi connectivity index (χ2v) is 7.32. The van der Waals surface area contributed by atoms with E-state index in [0.717, 1.165) is 24.3 Å². The van der Waals surface area contributed by atoms with E-state index >= 15 is 0 Å². The highest BCUT2D eigenvalue weighted by Crippen LogP contribution is 2.41. The van der Waals surface area contributed by atoms with Crippen molar-refractivity contribution in [1.82, 2.24) is 14.8 Å². The van der Waals surface area contributed by atoms with Gasteiger partial charge in [-0.2, -0.15) is 5.10 Å². The number of hydrogen-bond acceptors (Lipinski definition) is 4. The molecule has 1 aromatic heterocycles. The van der Waals surface area contributed by atoms with E-state index in [1.54, 1.807) is 0 Å². The van der Waals surface area contributed by atoms with E-state index in [2.05, 4.69) is 10.1 Å². The summed E-state index contributed by atoms with van der Waals surface area (Å²) in [5, 5.41) is 15.2. The van der Waals surface area contributed by atoms with E-state index in [4.69, 9.17) is 16.3 Å². The quantitative estimate of drug-likeness (QED) is 0.596. The van der Waals surface area contributed by atoms with Crippen LogP contribution < -0.4 is 4.74 Å². The average molecular weight is 430 g/mol. The van der Waals surface area contributed by atoms with Gasteiger partial charge in [-0.3, -0.25) is 0 Å². The molecule has 154 valence electrons. The lowest BCUT2D eigenvalue weighted by molar-refractivity contribution is -0.137. The van der Waals surface area contributed by atoms with Crippen molar-refractivity contribution in [2.75, 3.05) is 0 Å². The van der Waals surface area contributed by atoms with E-state index in [-0.39, 0.29) is 10.6 Å². The topological polar surface area (TPSA) is 60.2 Å². The molecule has 3 aromatic rings. The third-order valence-corrected chi connectivity index (χ3v) is 4.77. The predicted molar refractivity (Wildman–Crippen MR) is 96.4 cm³/mol. The summed E-state index contributed by atoms with van der Waals surface area (Å²) in [5.74, 6) is -4.94. The second kappa shape index (κ2) is 7.64. The highest BCUT2D eigenvalue weighted by molar-refractivity contribution is 6.30. The van der Waals surface area contributed by atoms with Gasteiger partial charge in [0, 0.05) is 16.7 Å². The van der Waals surface area contributed by atoms with Crippen molar-refractivity contribution >= 4 is 11.6 Å². The van der Waals surface area contributed by atoms with Crippen molar-refractivity contribution in [1.29, 1.82) is 0 Å². The maximum atomic E-state index is 14.6. The van der Waals surface area contributed by atoms with Crippen LogP contribution in [0.5, 0.6) is 5.75 Å². The predicted octanol–water partition coefficient (Wildman–Crippen LogP) is 4.23. The molecule has 1 heterocycles. The zero-order valence-corrected chi connectivity index (χ0v) is 16.1. The summed E-state index contributed by atoms with van der Waals surface area (Å²) in [7, 11) is 0. The highest BCUT2D eigenvalue weighted by atomic mass is 35.5. The number of halogens is 5. The van der Waals surface area contributed by atoms with Crippen LogP contribution in [0.25, 0.3) is 0 Å². The van der Waals surface area contributed by atoms with E-state index in [0.29, 0.717) is 6.07 Å². The van der Waals surface area contributed by atoms with Crippen LogP contribution in [-0.2, 0) is 12.1 Å². The Morgan fingerprint density at radius 2 is 1.72 bits per heavy atom. The molecule has 0 spiro atoms. The van der Waals surface area contributed by atoms with Gasteiger partial charge in [0.25, 0.3) is 0 Å². The number of benzene rings is 2. The van der Waals surface area contributed by atoms with Gasteiger partial charge in [0.1, 0.15) is 29.9 Å². The number of ether oxygens (including phenoxy) is 1. The van der Waals surface area contributed by atoms with Crippen LogP contribution in [0.15, 0.2) is 43.0 Å². The minimum atomic E-state index is -2.24. The standard InChI is InChI=1S/C19H16ClF4N3O2/c1-18(2,29-17-15(23)5-11(20)6-16(17)24)19(28,8-27-10-25-9-26-27)13-4-3-12(21)7-14(13)22/h3-7,9-10,28H,8H2,1-2H3. The first kappa shape index (κ1) is 21.1. The lowest BCUT2D eigenvalue weighted by Gasteiger charge is -2.42. The first-order valence-electron chi connectivity index (χ1n) is 8.37. The van der Waals surface area contributed by atoms with Gasteiger partial charge in [-0.25, -0.2) is 27.2 Å². The van der Waals surface area contributed by atoms with Gasteiger partial charge in [-0.1, -0.05) is 17.7 Å². The van der Waals surface area contributed by atoms with Crippen molar-refractivity contribution in [3.63, 3.8) is 0 Å². The Morgan fingerprint density at radius 1 is 1.07 bits per heavy atom. The molecule has 1 unspecified atom stereocenters. The Kier molecular flexibility index (Phi) is 5.55. The Balaban J connectivity index is 2.12. The van der Waals surface area contributed by atoms with Crippen LogP contribution in [0.4, 0.5) is 17.6 Å². The molecule has 3 rings (SSSR count). The first-order chi connectivity index (χ1) is 13.5. The van der Waals surface area contributed by atoms with E-state index in [1.165, 1.54) is 31.2 Å². The summed E-state index contributed by atoms with van der Waals surface area (Å²) < 4.78 is 63.2. The molecule has 0 aliphatic heterocycles. The van der Waals surface area contributed by atoms with Crippen LogP contribution in [0.1, 0.15) is 19.4 Å². The summed E-state index contributed by atoms with van der Waals surface area (Å²) in [5.41, 5.74) is -4.42.